The molecule has 7 nitrogen and oxygen atoms in total. The summed E-state index contributed by atoms with van der Waals surface area (Å²) in [5.41, 5.74) is 4.49. The standard InChI is InChI=1S/C20H27ClN2O5/c21-15-4-6-16(7-5-15)27-14-20(12-18(22)24)13-23(8-10-28-20)19(25)11-17-3-1-2-9-26-17/h4-7,17H,1-3,8-14H2,(H2,22,24)/t17-,20-/m1/s1. The van der Waals surface area contributed by atoms with Crippen molar-refractivity contribution in [1.29, 1.82) is 0 Å². The molecular formula is C20H27ClN2O5. The Morgan fingerprint density at radius 3 is 2.71 bits per heavy atom. The zero-order valence-electron chi connectivity index (χ0n) is 15.9. The number of rotatable bonds is 7. The smallest absolute Gasteiger partial charge is 0.225 e. The lowest BCUT2D eigenvalue weighted by Gasteiger charge is -2.42. The Morgan fingerprint density at radius 2 is 2.04 bits per heavy atom. The molecule has 3 rings (SSSR count). The molecule has 1 aromatic rings. The maximum Gasteiger partial charge on any atom is 0.225 e. The van der Waals surface area contributed by atoms with E-state index in [1.54, 1.807) is 29.2 Å². The minimum absolute atomic E-state index is 0.00976. The minimum Gasteiger partial charge on any atom is -0.490 e. The number of hydrogen-bond acceptors (Lipinski definition) is 5. The number of carbonyl (C=O) groups is 2. The van der Waals surface area contributed by atoms with E-state index in [0.717, 1.165) is 19.3 Å². The first kappa shape index (κ1) is 20.9. The molecule has 2 amide bonds. The van der Waals surface area contributed by atoms with Crippen LogP contribution in [0.15, 0.2) is 24.3 Å². The lowest BCUT2D eigenvalue weighted by atomic mass is 9.96. The molecular weight excluding hydrogens is 384 g/mol. The summed E-state index contributed by atoms with van der Waals surface area (Å²) in [6.45, 7) is 1.89. The first-order chi connectivity index (χ1) is 13.5. The van der Waals surface area contributed by atoms with Crippen LogP contribution in [-0.4, -0.2) is 61.3 Å². The van der Waals surface area contributed by atoms with Gasteiger partial charge in [0, 0.05) is 18.2 Å². The fraction of sp³-hybridized carbons (Fsp3) is 0.600. The summed E-state index contributed by atoms with van der Waals surface area (Å²) in [4.78, 5) is 26.2. The summed E-state index contributed by atoms with van der Waals surface area (Å²) in [5, 5.41) is 0.606. The molecule has 0 bridgehead atoms. The highest BCUT2D eigenvalue weighted by Gasteiger charge is 2.41. The monoisotopic (exact) mass is 410 g/mol. The predicted octanol–water partition coefficient (Wildman–Crippen LogP) is 2.15. The lowest BCUT2D eigenvalue weighted by Crippen LogP contribution is -2.58. The van der Waals surface area contributed by atoms with Gasteiger partial charge in [0.15, 0.2) is 0 Å². The SMILES string of the molecule is NC(=O)C[C@]1(COc2ccc(Cl)cc2)CN(C(=O)C[C@H]2CCCCO2)CCO1. The molecule has 2 N–H and O–H groups in total. The molecule has 8 heteroatoms. The second-order valence-corrected chi connectivity index (χ2v) is 7.86. The van der Waals surface area contributed by atoms with E-state index < -0.39 is 11.5 Å². The number of ether oxygens (including phenoxy) is 3. The van der Waals surface area contributed by atoms with Crippen molar-refractivity contribution < 1.29 is 23.8 Å². The second-order valence-electron chi connectivity index (χ2n) is 7.43. The van der Waals surface area contributed by atoms with Gasteiger partial charge in [0.1, 0.15) is 18.0 Å². The van der Waals surface area contributed by atoms with Crippen LogP contribution in [0.2, 0.25) is 5.02 Å². The highest BCUT2D eigenvalue weighted by Crippen LogP contribution is 2.26. The van der Waals surface area contributed by atoms with Crippen LogP contribution in [0.3, 0.4) is 0 Å². The van der Waals surface area contributed by atoms with E-state index in [4.69, 9.17) is 31.5 Å². The molecule has 0 aliphatic carbocycles. The van der Waals surface area contributed by atoms with Crippen LogP contribution >= 0.6 is 11.6 Å². The third kappa shape index (κ3) is 5.83. The van der Waals surface area contributed by atoms with Crippen LogP contribution in [-0.2, 0) is 19.1 Å². The second kappa shape index (κ2) is 9.58. The average Bonchev–Trinajstić information content (AvgIpc) is 2.68. The van der Waals surface area contributed by atoms with Crippen LogP contribution in [0.4, 0.5) is 0 Å². The van der Waals surface area contributed by atoms with Gasteiger partial charge in [-0.3, -0.25) is 9.59 Å². The summed E-state index contributed by atoms with van der Waals surface area (Å²) in [6, 6.07) is 6.93. The normalized spacial score (nSPS) is 25.3. The van der Waals surface area contributed by atoms with Crippen molar-refractivity contribution in [2.24, 2.45) is 5.73 Å². The number of hydrogen-bond donors (Lipinski definition) is 1. The Balaban J connectivity index is 1.64. The van der Waals surface area contributed by atoms with Crippen molar-refractivity contribution in [3.63, 3.8) is 0 Å². The van der Waals surface area contributed by atoms with Crippen LogP contribution in [0, 0.1) is 0 Å². The molecule has 0 unspecified atom stereocenters. The Bertz CT molecular complexity index is 678. The van der Waals surface area contributed by atoms with Gasteiger partial charge < -0.3 is 24.8 Å². The molecule has 28 heavy (non-hydrogen) atoms. The molecule has 1 aromatic carbocycles. The molecule has 2 aliphatic heterocycles. The highest BCUT2D eigenvalue weighted by atomic mass is 35.5. The van der Waals surface area contributed by atoms with Gasteiger partial charge in [-0.1, -0.05) is 11.6 Å². The van der Waals surface area contributed by atoms with E-state index in [9.17, 15) is 9.59 Å². The van der Waals surface area contributed by atoms with Crippen LogP contribution in [0.5, 0.6) is 5.75 Å². The fourth-order valence-electron chi connectivity index (χ4n) is 3.66. The van der Waals surface area contributed by atoms with Crippen molar-refractivity contribution in [2.45, 2.75) is 43.8 Å². The maximum atomic E-state index is 12.8. The number of carbonyl (C=O) groups excluding carboxylic acids is 2. The quantitative estimate of drug-likeness (QED) is 0.743. The molecule has 0 radical (unpaired) electrons. The van der Waals surface area contributed by atoms with E-state index >= 15 is 0 Å². The largest absolute Gasteiger partial charge is 0.490 e. The summed E-state index contributed by atoms with van der Waals surface area (Å²) >= 11 is 5.89. The van der Waals surface area contributed by atoms with Gasteiger partial charge in [-0.25, -0.2) is 0 Å². The van der Waals surface area contributed by atoms with E-state index in [1.165, 1.54) is 0 Å². The minimum atomic E-state index is -0.965. The Morgan fingerprint density at radius 1 is 1.25 bits per heavy atom. The third-order valence-corrected chi connectivity index (χ3v) is 5.34. The Labute approximate surface area is 170 Å². The Kier molecular flexibility index (Phi) is 7.15. The Hall–Kier alpha value is -1.83. The summed E-state index contributed by atoms with van der Waals surface area (Å²) < 4.78 is 17.4. The van der Waals surface area contributed by atoms with Crippen molar-refractivity contribution >= 4 is 23.4 Å². The summed E-state index contributed by atoms with van der Waals surface area (Å²) in [7, 11) is 0. The van der Waals surface area contributed by atoms with Gasteiger partial charge in [0.2, 0.25) is 11.8 Å². The van der Waals surface area contributed by atoms with Crippen molar-refractivity contribution in [1.82, 2.24) is 4.90 Å². The first-order valence-electron chi connectivity index (χ1n) is 9.66. The number of amides is 2. The molecule has 2 heterocycles. The van der Waals surface area contributed by atoms with E-state index in [0.29, 0.717) is 37.0 Å². The molecule has 2 atom stereocenters. The topological polar surface area (TPSA) is 91.1 Å². The van der Waals surface area contributed by atoms with Crippen LogP contribution in [0.25, 0.3) is 0 Å². The molecule has 2 aliphatic rings. The molecule has 2 fully saturated rings. The number of primary amides is 1. The van der Waals surface area contributed by atoms with Crippen molar-refractivity contribution in [2.75, 3.05) is 32.9 Å². The average molecular weight is 411 g/mol. The van der Waals surface area contributed by atoms with Gasteiger partial charge in [-0.2, -0.15) is 0 Å². The van der Waals surface area contributed by atoms with Crippen molar-refractivity contribution in [3.8, 4) is 5.75 Å². The van der Waals surface area contributed by atoms with Crippen LogP contribution in [0.1, 0.15) is 32.1 Å². The number of halogens is 1. The number of nitrogens with zero attached hydrogens (tertiary/aromatic N) is 1. The highest BCUT2D eigenvalue weighted by molar-refractivity contribution is 6.30. The van der Waals surface area contributed by atoms with E-state index in [2.05, 4.69) is 0 Å². The van der Waals surface area contributed by atoms with Gasteiger partial charge in [-0.05, 0) is 43.5 Å². The van der Waals surface area contributed by atoms with Gasteiger partial charge in [0.25, 0.3) is 0 Å². The van der Waals surface area contributed by atoms with E-state index in [-0.39, 0.29) is 31.6 Å². The number of morpholine rings is 1. The molecule has 154 valence electrons. The molecule has 2 saturated heterocycles. The number of nitrogens with two attached hydrogens (primary N) is 1. The van der Waals surface area contributed by atoms with E-state index in [1.807, 2.05) is 0 Å². The van der Waals surface area contributed by atoms with Crippen LogP contribution < -0.4 is 10.5 Å². The third-order valence-electron chi connectivity index (χ3n) is 5.09. The summed E-state index contributed by atoms with van der Waals surface area (Å²) in [5.74, 6) is 0.121. The number of benzene rings is 1. The van der Waals surface area contributed by atoms with Crippen molar-refractivity contribution in [3.05, 3.63) is 29.3 Å². The van der Waals surface area contributed by atoms with Gasteiger partial charge in [-0.15, -0.1) is 0 Å². The van der Waals surface area contributed by atoms with Gasteiger partial charge in [0.05, 0.1) is 32.1 Å². The van der Waals surface area contributed by atoms with Gasteiger partial charge >= 0.3 is 0 Å². The predicted molar refractivity (Wildman–Crippen MR) is 104 cm³/mol. The maximum absolute atomic E-state index is 12.8. The lowest BCUT2D eigenvalue weighted by molar-refractivity contribution is -0.163. The first-order valence-corrected chi connectivity index (χ1v) is 10.0. The molecule has 0 aromatic heterocycles. The molecule has 0 saturated carbocycles. The zero-order chi connectivity index (χ0) is 20.0. The fourth-order valence-corrected chi connectivity index (χ4v) is 3.78. The summed E-state index contributed by atoms with van der Waals surface area (Å²) in [6.07, 6.45) is 3.34. The zero-order valence-corrected chi connectivity index (χ0v) is 16.7. The molecule has 0 spiro atoms.